The molecule has 0 saturated carbocycles. The van der Waals surface area contributed by atoms with Crippen LogP contribution in [0.4, 0.5) is 11.7 Å². The van der Waals surface area contributed by atoms with Crippen molar-refractivity contribution < 1.29 is 82.7 Å². The minimum atomic E-state index is -1.09. The van der Waals surface area contributed by atoms with Crippen molar-refractivity contribution in [3.8, 4) is 28.6 Å². The van der Waals surface area contributed by atoms with Gasteiger partial charge in [-0.2, -0.15) is 4.98 Å². The Labute approximate surface area is 467 Å². The third-order valence-corrected chi connectivity index (χ3v) is 11.2. The first kappa shape index (κ1) is 64.0. The summed E-state index contributed by atoms with van der Waals surface area (Å²) < 4.78 is 30.9. The second-order valence-electron chi connectivity index (χ2n) is 17.0. The van der Waals surface area contributed by atoms with E-state index in [1.165, 1.54) is 47.5 Å². The van der Waals surface area contributed by atoms with Gasteiger partial charge in [-0.15, -0.1) is 0 Å². The number of fused-ring (bicyclic) bond motifs is 1. The van der Waals surface area contributed by atoms with Gasteiger partial charge in [-0.25, -0.2) is 14.8 Å². The number of ether oxygens (including phenoxy) is 3. The Kier molecular flexibility index (Phi) is 25.6. The average Bonchev–Trinajstić information content (AvgIpc) is 4.10. The molecule has 0 radical (unpaired) electrons. The second-order valence-corrected chi connectivity index (χ2v) is 18.1. The van der Waals surface area contributed by atoms with E-state index in [1.807, 2.05) is 27.7 Å². The van der Waals surface area contributed by atoms with Crippen molar-refractivity contribution in [1.29, 1.82) is 0 Å². The SMILES string of the molecule is C.CC(C)Nc1nc(C(=O)O)co1.COc1ccc(C(C)=O)c(CC(=O)c2coc(CC(C)C)n2)c1Cl.COc1ccc(C(C)=O)c(N)c1Cl.COc1ccc2c(=O)cc(-c3coc(CC(C)C)n3)[nH]c2c1Cl.[H-].[Na+]. The summed E-state index contributed by atoms with van der Waals surface area (Å²) in [5.41, 5.74) is 8.87. The molecular formula is C52H62Cl3N6NaO12. The molecule has 4 heterocycles. The summed E-state index contributed by atoms with van der Waals surface area (Å²) in [6.07, 6.45) is 5.36. The van der Waals surface area contributed by atoms with Crippen molar-refractivity contribution in [2.75, 3.05) is 32.4 Å². The van der Waals surface area contributed by atoms with Crippen molar-refractivity contribution in [2.24, 2.45) is 11.8 Å². The number of carbonyl (C=O) groups excluding carboxylic acids is 3. The number of anilines is 2. The summed E-state index contributed by atoms with van der Waals surface area (Å²) in [4.78, 5) is 73.5. The number of ketones is 3. The fourth-order valence-electron chi connectivity index (χ4n) is 6.55. The van der Waals surface area contributed by atoms with Crippen molar-refractivity contribution in [3.05, 3.63) is 126 Å². The smallest absolute Gasteiger partial charge is 1.00 e. The van der Waals surface area contributed by atoms with Crippen LogP contribution in [0.2, 0.25) is 15.1 Å². The van der Waals surface area contributed by atoms with Crippen LogP contribution in [-0.2, 0) is 19.3 Å². The average molecular weight is 1090 g/mol. The van der Waals surface area contributed by atoms with Gasteiger partial charge in [-0.1, -0.05) is 69.9 Å². The number of carboxylic acids is 1. The number of rotatable bonds is 16. The van der Waals surface area contributed by atoms with E-state index in [0.717, 1.165) is 12.7 Å². The number of halogens is 3. The van der Waals surface area contributed by atoms with Crippen LogP contribution in [-0.4, -0.2) is 75.7 Å². The van der Waals surface area contributed by atoms with Crippen molar-refractivity contribution >= 4 is 80.7 Å². The van der Waals surface area contributed by atoms with Gasteiger partial charge in [0.2, 0.25) is 0 Å². The summed E-state index contributed by atoms with van der Waals surface area (Å²) in [6.45, 7) is 15.0. The number of carboxylic acid groups (broad SMARTS) is 1. The van der Waals surface area contributed by atoms with Gasteiger partial charge in [0.15, 0.2) is 40.3 Å². The predicted molar refractivity (Wildman–Crippen MR) is 284 cm³/mol. The molecule has 0 spiro atoms. The number of nitrogens with zero attached hydrogens (tertiary/aromatic N) is 3. The zero-order chi connectivity index (χ0) is 53.6. The van der Waals surface area contributed by atoms with E-state index < -0.39 is 5.97 Å². The minimum absolute atomic E-state index is 0. The van der Waals surface area contributed by atoms with Gasteiger partial charge in [0.25, 0.3) is 6.01 Å². The molecule has 0 aliphatic carbocycles. The summed E-state index contributed by atoms with van der Waals surface area (Å²) >= 11 is 18.4. The van der Waals surface area contributed by atoms with Gasteiger partial charge in [0.05, 0.1) is 43.3 Å². The van der Waals surface area contributed by atoms with E-state index in [0.29, 0.717) is 91.3 Å². The van der Waals surface area contributed by atoms with Gasteiger partial charge in [0, 0.05) is 47.9 Å². The first-order valence-corrected chi connectivity index (χ1v) is 23.4. The van der Waals surface area contributed by atoms with E-state index in [2.05, 4.69) is 39.1 Å². The summed E-state index contributed by atoms with van der Waals surface area (Å²) in [6, 6.07) is 11.7. The number of pyridine rings is 1. The summed E-state index contributed by atoms with van der Waals surface area (Å²) in [7, 11) is 4.51. The maximum atomic E-state index is 12.5. The van der Waals surface area contributed by atoms with Crippen LogP contribution in [0.15, 0.2) is 79.3 Å². The fourth-order valence-corrected chi connectivity index (χ4v) is 7.39. The monoisotopic (exact) mass is 1090 g/mol. The van der Waals surface area contributed by atoms with Gasteiger partial charge in [0.1, 0.15) is 57.5 Å². The van der Waals surface area contributed by atoms with E-state index in [4.69, 9.17) is 73.1 Å². The number of aromatic nitrogens is 4. The number of hydrogen-bond donors (Lipinski definition) is 4. The number of nitrogen functional groups attached to an aromatic ring is 1. The maximum absolute atomic E-state index is 12.5. The van der Waals surface area contributed by atoms with Gasteiger partial charge in [-0.3, -0.25) is 19.2 Å². The normalized spacial score (nSPS) is 10.4. The second kappa shape index (κ2) is 29.7. The molecule has 0 aliphatic rings. The summed E-state index contributed by atoms with van der Waals surface area (Å²) in [5.74, 6) is 1.78. The van der Waals surface area contributed by atoms with Crippen molar-refractivity contribution in [2.45, 2.75) is 88.1 Å². The number of aromatic amines is 1. The number of aromatic carboxylic acids is 1. The molecule has 0 amide bonds. The van der Waals surface area contributed by atoms with Crippen LogP contribution in [0.25, 0.3) is 22.3 Å². The van der Waals surface area contributed by atoms with Crippen LogP contribution in [0, 0.1) is 11.8 Å². The zero-order valence-electron chi connectivity index (χ0n) is 43.6. The Morgan fingerprint density at radius 3 is 1.77 bits per heavy atom. The van der Waals surface area contributed by atoms with E-state index in [9.17, 15) is 24.0 Å². The Morgan fingerprint density at radius 1 is 0.730 bits per heavy atom. The molecule has 5 N–H and O–H groups in total. The molecule has 18 nitrogen and oxygen atoms in total. The number of nitrogens with two attached hydrogens (primary N) is 1. The molecule has 7 aromatic rings. The minimum Gasteiger partial charge on any atom is -1.00 e. The number of Topliss-reactive ketones (excluding diaryl/α,β-unsaturated/α-hetero) is 3. The molecule has 0 bridgehead atoms. The molecule has 0 fully saturated rings. The first-order chi connectivity index (χ1) is 34.0. The van der Waals surface area contributed by atoms with Crippen LogP contribution in [0.3, 0.4) is 0 Å². The number of nitrogens with one attached hydrogen (secondary N) is 2. The van der Waals surface area contributed by atoms with E-state index in [-0.39, 0.29) is 107 Å². The Bertz CT molecular complexity index is 3100. The third-order valence-electron chi connectivity index (χ3n) is 9.98. The number of hydrogen-bond acceptors (Lipinski definition) is 16. The quantitative estimate of drug-likeness (QED) is 0.0399. The standard InChI is InChI=1S/C18H20ClNO4.C17H17ClN2O3.C9H10ClNO2.C7H10N2O3.CH4.Na.H/c1-10(2)7-17-20-14(9-24-17)15(22)8-13-12(11(3)21)5-6-16(23-4)18(13)19;1-9(2)6-15-19-12(8-23-15)11-7-13(21)10-4-5-14(22-3)16(18)17(10)20-11;1-5(12)6-3-4-7(13-2)8(10)9(6)11;1-4(2)8-7-9-5(3-12-7)6(10)11;;;/h5-6,9-10H,7-8H2,1-4H3;4-5,7-9H,6H2,1-3H3,(H,20,21);3-4H,11H2,1-2H3;3-4H,1-2H3,(H,8,9)(H,10,11);1H4;;/q;;;;;+1;-1. The number of H-pyrrole nitrogens is 1. The molecule has 0 atom stereocenters. The summed E-state index contributed by atoms with van der Waals surface area (Å²) in [5, 5.41) is 12.8. The van der Waals surface area contributed by atoms with E-state index in [1.54, 1.807) is 42.7 Å². The molecule has 7 rings (SSSR count). The molecule has 0 saturated heterocycles. The van der Waals surface area contributed by atoms with Gasteiger partial charge in [-0.05, 0) is 81.5 Å². The number of oxazole rings is 3. The van der Waals surface area contributed by atoms with Gasteiger partial charge >= 0.3 is 35.5 Å². The zero-order valence-corrected chi connectivity index (χ0v) is 46.9. The number of methoxy groups -OCH3 is 3. The Hall–Kier alpha value is -6.15. The van der Waals surface area contributed by atoms with Crippen LogP contribution in [0.1, 0.15) is 123 Å². The van der Waals surface area contributed by atoms with Crippen LogP contribution in [0.5, 0.6) is 17.2 Å². The number of carbonyl (C=O) groups is 4. The first-order valence-electron chi connectivity index (χ1n) is 22.3. The molecule has 22 heteroatoms. The molecule has 394 valence electrons. The maximum Gasteiger partial charge on any atom is 1.00 e. The number of benzene rings is 3. The predicted octanol–water partition coefficient (Wildman–Crippen LogP) is 9.29. The largest absolute Gasteiger partial charge is 1.00 e. The molecule has 4 aromatic heterocycles. The van der Waals surface area contributed by atoms with E-state index >= 15 is 0 Å². The molecule has 74 heavy (non-hydrogen) atoms. The topological polar surface area (TPSA) is 265 Å². The molecule has 0 aliphatic heterocycles. The molecule has 3 aromatic carbocycles. The van der Waals surface area contributed by atoms with Crippen LogP contribution >= 0.6 is 34.8 Å². The van der Waals surface area contributed by atoms with Gasteiger partial charge < -0.3 is 50.0 Å². The Balaban J connectivity index is 0.000000514. The van der Waals surface area contributed by atoms with Crippen molar-refractivity contribution in [1.82, 2.24) is 19.9 Å². The Morgan fingerprint density at radius 2 is 1.24 bits per heavy atom. The third kappa shape index (κ3) is 17.5. The fraction of sp³-hybridized carbons (Fsp3) is 0.346. The molecule has 0 unspecified atom stereocenters. The van der Waals surface area contributed by atoms with Crippen LogP contribution < -0.4 is 60.2 Å². The van der Waals surface area contributed by atoms with Crippen molar-refractivity contribution in [3.63, 3.8) is 0 Å². The molecular weight excluding hydrogens is 1030 g/mol.